The predicted molar refractivity (Wildman–Crippen MR) is 82.9 cm³/mol. The Morgan fingerprint density at radius 3 is 2.57 bits per heavy atom. The molecule has 0 heterocycles. The SMILES string of the molecule is C=C(C)OCOCCNC(=O)CCSC(C)(C)C(=O)OC. The van der Waals surface area contributed by atoms with Crippen molar-refractivity contribution in [2.45, 2.75) is 31.9 Å². The van der Waals surface area contributed by atoms with Crippen LogP contribution in [0.15, 0.2) is 12.3 Å². The summed E-state index contributed by atoms with van der Waals surface area (Å²) in [5.41, 5.74) is 0. The van der Waals surface area contributed by atoms with Crippen molar-refractivity contribution in [3.63, 3.8) is 0 Å². The van der Waals surface area contributed by atoms with Crippen LogP contribution in [0, 0.1) is 0 Å². The molecule has 0 spiro atoms. The van der Waals surface area contributed by atoms with Crippen molar-refractivity contribution in [1.29, 1.82) is 0 Å². The van der Waals surface area contributed by atoms with Crippen molar-refractivity contribution in [2.75, 3.05) is 32.8 Å². The molecule has 0 bridgehead atoms. The van der Waals surface area contributed by atoms with E-state index in [1.807, 2.05) is 0 Å². The van der Waals surface area contributed by atoms with Gasteiger partial charge in [-0.3, -0.25) is 9.59 Å². The third kappa shape index (κ3) is 10.2. The largest absolute Gasteiger partial charge is 0.473 e. The first-order valence-corrected chi connectivity index (χ1v) is 7.63. The van der Waals surface area contributed by atoms with Crippen LogP contribution < -0.4 is 5.32 Å². The number of esters is 1. The van der Waals surface area contributed by atoms with E-state index in [1.165, 1.54) is 18.9 Å². The molecule has 21 heavy (non-hydrogen) atoms. The van der Waals surface area contributed by atoms with Gasteiger partial charge in [0.05, 0.1) is 19.5 Å². The van der Waals surface area contributed by atoms with Crippen molar-refractivity contribution >= 4 is 23.6 Å². The summed E-state index contributed by atoms with van der Waals surface area (Å²) < 4.78 is 14.2. The van der Waals surface area contributed by atoms with E-state index < -0.39 is 4.75 Å². The van der Waals surface area contributed by atoms with Crippen LogP contribution in [0.25, 0.3) is 0 Å². The molecule has 1 N–H and O–H groups in total. The third-order valence-corrected chi connectivity index (χ3v) is 3.72. The maximum absolute atomic E-state index is 11.6. The summed E-state index contributed by atoms with van der Waals surface area (Å²) in [6, 6.07) is 0. The smallest absolute Gasteiger partial charge is 0.321 e. The van der Waals surface area contributed by atoms with Gasteiger partial charge in [0.1, 0.15) is 4.75 Å². The highest BCUT2D eigenvalue weighted by atomic mass is 32.2. The number of thioether (sulfide) groups is 1. The summed E-state index contributed by atoms with van der Waals surface area (Å²) in [5, 5.41) is 2.73. The van der Waals surface area contributed by atoms with E-state index in [0.717, 1.165) is 0 Å². The Morgan fingerprint density at radius 2 is 2.00 bits per heavy atom. The van der Waals surface area contributed by atoms with E-state index in [1.54, 1.807) is 20.8 Å². The second kappa shape index (κ2) is 10.5. The molecule has 0 fully saturated rings. The van der Waals surface area contributed by atoms with E-state index in [9.17, 15) is 9.59 Å². The Bertz CT molecular complexity index is 357. The lowest BCUT2D eigenvalue weighted by Crippen LogP contribution is -2.31. The number of nitrogens with one attached hydrogen (secondary N) is 1. The summed E-state index contributed by atoms with van der Waals surface area (Å²) in [6.45, 7) is 9.78. The third-order valence-electron chi connectivity index (χ3n) is 2.43. The Labute approximate surface area is 130 Å². The molecule has 0 radical (unpaired) electrons. The lowest BCUT2D eigenvalue weighted by Gasteiger charge is -2.20. The fourth-order valence-corrected chi connectivity index (χ4v) is 2.25. The molecular formula is C14H25NO5S. The molecule has 7 heteroatoms. The average molecular weight is 319 g/mol. The Hall–Kier alpha value is -1.21. The van der Waals surface area contributed by atoms with Crippen LogP contribution in [0.2, 0.25) is 0 Å². The first-order chi connectivity index (χ1) is 9.79. The highest BCUT2D eigenvalue weighted by Gasteiger charge is 2.29. The fourth-order valence-electron chi connectivity index (χ4n) is 1.26. The van der Waals surface area contributed by atoms with Gasteiger partial charge in [0.15, 0.2) is 6.79 Å². The molecule has 0 saturated heterocycles. The van der Waals surface area contributed by atoms with Crippen molar-refractivity contribution < 1.29 is 23.8 Å². The molecule has 0 saturated carbocycles. The molecule has 0 atom stereocenters. The molecule has 0 unspecified atom stereocenters. The molecular weight excluding hydrogens is 294 g/mol. The van der Waals surface area contributed by atoms with Gasteiger partial charge < -0.3 is 19.5 Å². The minimum atomic E-state index is -0.641. The first-order valence-electron chi connectivity index (χ1n) is 6.64. The summed E-state index contributed by atoms with van der Waals surface area (Å²) >= 11 is 1.39. The number of ether oxygens (including phenoxy) is 3. The second-order valence-corrected chi connectivity index (χ2v) is 6.54. The molecule has 0 rings (SSSR count). The van der Waals surface area contributed by atoms with E-state index >= 15 is 0 Å². The quantitative estimate of drug-likeness (QED) is 0.270. The van der Waals surface area contributed by atoms with Gasteiger partial charge in [-0.2, -0.15) is 0 Å². The monoisotopic (exact) mass is 319 g/mol. The lowest BCUT2D eigenvalue weighted by atomic mass is 10.2. The first kappa shape index (κ1) is 19.8. The Balaban J connectivity index is 3.63. The van der Waals surface area contributed by atoms with E-state index in [0.29, 0.717) is 31.1 Å². The molecule has 6 nitrogen and oxygen atoms in total. The fraction of sp³-hybridized carbons (Fsp3) is 0.714. The van der Waals surface area contributed by atoms with Crippen LogP contribution in [-0.2, 0) is 23.8 Å². The molecule has 0 aliphatic rings. The summed E-state index contributed by atoms with van der Waals surface area (Å²) in [5.74, 6) is 0.767. The maximum atomic E-state index is 11.6. The lowest BCUT2D eigenvalue weighted by molar-refractivity contribution is -0.142. The molecule has 0 aromatic rings. The van der Waals surface area contributed by atoms with Crippen LogP contribution in [0.1, 0.15) is 27.2 Å². The molecule has 0 aliphatic heterocycles. The van der Waals surface area contributed by atoms with Gasteiger partial charge in [-0.05, 0) is 20.8 Å². The van der Waals surface area contributed by atoms with E-state index in [4.69, 9.17) is 14.2 Å². The molecule has 1 amide bonds. The molecule has 0 aromatic carbocycles. The number of carbonyl (C=O) groups is 2. The van der Waals surface area contributed by atoms with Crippen LogP contribution in [0.3, 0.4) is 0 Å². The summed E-state index contributed by atoms with van der Waals surface area (Å²) in [4.78, 5) is 23.0. The van der Waals surface area contributed by atoms with Crippen LogP contribution >= 0.6 is 11.8 Å². The van der Waals surface area contributed by atoms with Gasteiger partial charge in [0, 0.05) is 18.7 Å². The predicted octanol–water partition coefficient (Wildman–Crippen LogP) is 1.70. The van der Waals surface area contributed by atoms with Gasteiger partial charge in [-0.1, -0.05) is 6.58 Å². The van der Waals surface area contributed by atoms with Crippen LogP contribution in [0.5, 0.6) is 0 Å². The van der Waals surface area contributed by atoms with E-state index in [-0.39, 0.29) is 18.7 Å². The number of hydrogen-bond acceptors (Lipinski definition) is 6. The number of methoxy groups -OCH3 is 1. The summed E-state index contributed by atoms with van der Waals surface area (Å²) in [7, 11) is 1.36. The molecule has 122 valence electrons. The van der Waals surface area contributed by atoms with Crippen molar-refractivity contribution in [3.05, 3.63) is 12.3 Å². The van der Waals surface area contributed by atoms with Crippen molar-refractivity contribution in [3.8, 4) is 0 Å². The maximum Gasteiger partial charge on any atom is 0.321 e. The average Bonchev–Trinajstić information content (AvgIpc) is 2.41. The van der Waals surface area contributed by atoms with Gasteiger partial charge in [-0.15, -0.1) is 11.8 Å². The van der Waals surface area contributed by atoms with Crippen molar-refractivity contribution in [1.82, 2.24) is 5.32 Å². The van der Waals surface area contributed by atoms with E-state index in [2.05, 4.69) is 11.9 Å². The zero-order chi connectivity index (χ0) is 16.3. The van der Waals surface area contributed by atoms with Crippen molar-refractivity contribution in [2.24, 2.45) is 0 Å². The number of carbonyl (C=O) groups excluding carboxylic acids is 2. The van der Waals surface area contributed by atoms with Gasteiger partial charge in [0.2, 0.25) is 5.91 Å². The van der Waals surface area contributed by atoms with Gasteiger partial charge in [0.25, 0.3) is 0 Å². The van der Waals surface area contributed by atoms with Gasteiger partial charge >= 0.3 is 5.97 Å². The normalized spacial score (nSPS) is 10.9. The van der Waals surface area contributed by atoms with Crippen LogP contribution in [0.4, 0.5) is 0 Å². The minimum absolute atomic E-state index is 0.0763. The zero-order valence-electron chi connectivity index (χ0n) is 13.2. The molecule has 0 aromatic heterocycles. The highest BCUT2D eigenvalue weighted by Crippen LogP contribution is 2.26. The number of amides is 1. The van der Waals surface area contributed by atoms with Gasteiger partial charge in [-0.25, -0.2) is 0 Å². The highest BCUT2D eigenvalue weighted by molar-refractivity contribution is 8.01. The molecule has 0 aliphatic carbocycles. The summed E-state index contributed by atoms with van der Waals surface area (Å²) in [6.07, 6.45) is 0.341. The topological polar surface area (TPSA) is 73.9 Å². The number of hydrogen-bond donors (Lipinski definition) is 1. The standard InChI is InChI=1S/C14H25NO5S/c1-11(2)20-10-19-8-7-15-12(16)6-9-21-14(3,4)13(17)18-5/h1,6-10H2,2-5H3,(H,15,16). The zero-order valence-corrected chi connectivity index (χ0v) is 14.0. The Kier molecular flexibility index (Phi) is 9.90. The minimum Gasteiger partial charge on any atom is -0.473 e. The number of allylic oxidation sites excluding steroid dienone is 1. The second-order valence-electron chi connectivity index (χ2n) is 4.82. The number of rotatable bonds is 11. The van der Waals surface area contributed by atoms with Crippen LogP contribution in [-0.4, -0.2) is 49.4 Å². The Morgan fingerprint density at radius 1 is 1.33 bits per heavy atom.